The van der Waals surface area contributed by atoms with Crippen LogP contribution in [-0.2, 0) is 0 Å². The maximum Gasteiger partial charge on any atom is 0.0434 e. The van der Waals surface area contributed by atoms with Gasteiger partial charge >= 0.3 is 0 Å². The number of likely N-dealkylation sites (tertiary alicyclic amines) is 1. The lowest BCUT2D eigenvalue weighted by Crippen LogP contribution is -2.25. The van der Waals surface area contributed by atoms with E-state index in [1.807, 2.05) is 24.3 Å². The molecule has 0 spiro atoms. The Kier molecular flexibility index (Phi) is 5.64. The molecule has 2 unspecified atom stereocenters. The van der Waals surface area contributed by atoms with Gasteiger partial charge in [0.25, 0.3) is 0 Å². The molecule has 0 bridgehead atoms. The Hall–Kier alpha value is -0.610. The summed E-state index contributed by atoms with van der Waals surface area (Å²) in [6, 6.07) is 7.86. The van der Waals surface area contributed by atoms with Crippen LogP contribution in [0.4, 0.5) is 0 Å². The predicted octanol–water partition coefficient (Wildman–Crippen LogP) is 2.43. The van der Waals surface area contributed by atoms with Crippen LogP contribution in [0, 0.1) is 5.92 Å². The van der Waals surface area contributed by atoms with Crippen LogP contribution >= 0.6 is 11.6 Å². The Balaban J connectivity index is 1.76. The fourth-order valence-electron chi connectivity index (χ4n) is 2.76. The van der Waals surface area contributed by atoms with Crippen LogP contribution in [0.2, 0.25) is 5.02 Å². The molecule has 1 saturated heterocycles. The average Bonchev–Trinajstić information content (AvgIpc) is 2.84. The first-order valence-corrected chi connectivity index (χ1v) is 7.41. The first-order valence-electron chi connectivity index (χ1n) is 7.03. The minimum absolute atomic E-state index is 0.0515. The molecule has 1 fully saturated rings. The number of aliphatic hydroxyl groups is 1. The molecule has 1 aromatic carbocycles. The lowest BCUT2D eigenvalue weighted by Gasteiger charge is -2.19. The van der Waals surface area contributed by atoms with E-state index in [0.29, 0.717) is 12.5 Å². The maximum absolute atomic E-state index is 8.95. The zero-order valence-corrected chi connectivity index (χ0v) is 12.0. The first-order chi connectivity index (χ1) is 9.19. The van der Waals surface area contributed by atoms with Gasteiger partial charge in [-0.25, -0.2) is 0 Å². The topological polar surface area (TPSA) is 49.5 Å². The van der Waals surface area contributed by atoms with Crippen molar-refractivity contribution in [3.63, 3.8) is 0 Å². The second-order valence-corrected chi connectivity index (χ2v) is 5.85. The minimum Gasteiger partial charge on any atom is -0.396 e. The van der Waals surface area contributed by atoms with Gasteiger partial charge in [-0.3, -0.25) is 0 Å². The van der Waals surface area contributed by atoms with Gasteiger partial charge in [0, 0.05) is 24.2 Å². The molecular formula is C15H23ClN2O. The average molecular weight is 283 g/mol. The monoisotopic (exact) mass is 282 g/mol. The first kappa shape index (κ1) is 14.8. The molecule has 1 aromatic rings. The van der Waals surface area contributed by atoms with Crippen molar-refractivity contribution in [2.75, 3.05) is 26.2 Å². The predicted molar refractivity (Wildman–Crippen MR) is 79.2 cm³/mol. The summed E-state index contributed by atoms with van der Waals surface area (Å²) in [7, 11) is 0. The molecule has 1 aliphatic rings. The van der Waals surface area contributed by atoms with Crippen LogP contribution in [0.1, 0.15) is 30.9 Å². The van der Waals surface area contributed by atoms with Gasteiger partial charge in [-0.2, -0.15) is 0 Å². The van der Waals surface area contributed by atoms with Crippen molar-refractivity contribution in [2.45, 2.75) is 25.3 Å². The summed E-state index contributed by atoms with van der Waals surface area (Å²) in [6.07, 6.45) is 3.08. The normalized spacial score (nSPS) is 21.7. The van der Waals surface area contributed by atoms with E-state index in [-0.39, 0.29) is 6.04 Å². The molecule has 19 heavy (non-hydrogen) atoms. The highest BCUT2D eigenvalue weighted by molar-refractivity contribution is 6.30. The third kappa shape index (κ3) is 4.46. The molecule has 0 aromatic heterocycles. The SMILES string of the molecule is NC(CCN1CCC(CCO)C1)c1cccc(Cl)c1. The van der Waals surface area contributed by atoms with Crippen LogP contribution < -0.4 is 5.73 Å². The van der Waals surface area contributed by atoms with E-state index >= 15 is 0 Å². The maximum atomic E-state index is 8.95. The van der Waals surface area contributed by atoms with Crippen molar-refractivity contribution >= 4 is 11.6 Å². The molecule has 3 N–H and O–H groups in total. The summed E-state index contributed by atoms with van der Waals surface area (Å²) in [5.74, 6) is 0.660. The molecule has 106 valence electrons. The van der Waals surface area contributed by atoms with Gasteiger partial charge in [0.05, 0.1) is 0 Å². The van der Waals surface area contributed by atoms with Gasteiger partial charge in [-0.05, 0) is 56.0 Å². The van der Waals surface area contributed by atoms with Crippen LogP contribution in [-0.4, -0.2) is 36.2 Å². The molecule has 0 aliphatic carbocycles. The Morgan fingerprint density at radius 2 is 2.32 bits per heavy atom. The Bertz CT molecular complexity index is 399. The molecule has 2 rings (SSSR count). The molecule has 0 amide bonds. The van der Waals surface area contributed by atoms with Crippen molar-refractivity contribution in [3.05, 3.63) is 34.9 Å². The summed E-state index contributed by atoms with van der Waals surface area (Å²) in [4.78, 5) is 2.45. The second-order valence-electron chi connectivity index (χ2n) is 5.42. The molecular weight excluding hydrogens is 260 g/mol. The van der Waals surface area contributed by atoms with Crippen molar-refractivity contribution in [2.24, 2.45) is 11.7 Å². The van der Waals surface area contributed by atoms with Gasteiger partial charge in [-0.1, -0.05) is 23.7 Å². The Labute approximate surface area is 120 Å². The smallest absolute Gasteiger partial charge is 0.0434 e. The lowest BCUT2D eigenvalue weighted by atomic mass is 10.0. The zero-order valence-electron chi connectivity index (χ0n) is 11.3. The van der Waals surface area contributed by atoms with Gasteiger partial charge in [-0.15, -0.1) is 0 Å². The lowest BCUT2D eigenvalue weighted by molar-refractivity contribution is 0.249. The molecule has 0 saturated carbocycles. The fourth-order valence-corrected chi connectivity index (χ4v) is 2.96. The zero-order chi connectivity index (χ0) is 13.7. The number of hydrogen-bond donors (Lipinski definition) is 2. The molecule has 1 aliphatic heterocycles. The number of aliphatic hydroxyl groups excluding tert-OH is 1. The highest BCUT2D eigenvalue weighted by Crippen LogP contribution is 2.22. The summed E-state index contributed by atoms with van der Waals surface area (Å²) < 4.78 is 0. The fraction of sp³-hybridized carbons (Fsp3) is 0.600. The van der Waals surface area contributed by atoms with Crippen molar-refractivity contribution in [1.82, 2.24) is 4.90 Å². The van der Waals surface area contributed by atoms with E-state index in [9.17, 15) is 0 Å². The summed E-state index contributed by atoms with van der Waals surface area (Å²) in [6.45, 7) is 3.56. The number of halogens is 1. The van der Waals surface area contributed by atoms with E-state index in [1.165, 1.54) is 6.42 Å². The molecule has 0 radical (unpaired) electrons. The molecule has 4 heteroatoms. The summed E-state index contributed by atoms with van der Waals surface area (Å²) in [5, 5.41) is 9.70. The molecule has 2 atom stereocenters. The van der Waals surface area contributed by atoms with Crippen molar-refractivity contribution in [3.8, 4) is 0 Å². The Morgan fingerprint density at radius 1 is 1.47 bits per heavy atom. The van der Waals surface area contributed by atoms with Crippen LogP contribution in [0.5, 0.6) is 0 Å². The minimum atomic E-state index is 0.0515. The van der Waals surface area contributed by atoms with Crippen LogP contribution in [0.3, 0.4) is 0 Å². The number of hydrogen-bond acceptors (Lipinski definition) is 3. The largest absolute Gasteiger partial charge is 0.396 e. The summed E-state index contributed by atoms with van der Waals surface area (Å²) >= 11 is 5.98. The third-order valence-corrected chi connectivity index (χ3v) is 4.18. The Morgan fingerprint density at radius 3 is 3.05 bits per heavy atom. The second kappa shape index (κ2) is 7.25. The van der Waals surface area contributed by atoms with E-state index in [4.69, 9.17) is 22.4 Å². The van der Waals surface area contributed by atoms with Crippen molar-refractivity contribution < 1.29 is 5.11 Å². The number of benzene rings is 1. The van der Waals surface area contributed by atoms with Gasteiger partial charge in [0.2, 0.25) is 0 Å². The third-order valence-electron chi connectivity index (χ3n) is 3.94. The van der Waals surface area contributed by atoms with E-state index in [2.05, 4.69) is 4.90 Å². The van der Waals surface area contributed by atoms with Crippen LogP contribution in [0.25, 0.3) is 0 Å². The standard InChI is InChI=1S/C15H23ClN2O/c16-14-3-1-2-13(10-14)15(17)5-8-18-7-4-12(11-18)6-9-19/h1-3,10,12,15,19H,4-9,11,17H2. The van der Waals surface area contributed by atoms with Crippen molar-refractivity contribution in [1.29, 1.82) is 0 Å². The number of nitrogens with zero attached hydrogens (tertiary/aromatic N) is 1. The summed E-state index contributed by atoms with van der Waals surface area (Å²) in [5.41, 5.74) is 7.32. The molecule has 3 nitrogen and oxygen atoms in total. The van der Waals surface area contributed by atoms with Crippen LogP contribution in [0.15, 0.2) is 24.3 Å². The van der Waals surface area contributed by atoms with Gasteiger partial charge in [0.1, 0.15) is 0 Å². The quantitative estimate of drug-likeness (QED) is 0.843. The van der Waals surface area contributed by atoms with E-state index in [0.717, 1.165) is 43.1 Å². The van der Waals surface area contributed by atoms with E-state index < -0.39 is 0 Å². The highest BCUT2D eigenvalue weighted by atomic mass is 35.5. The number of rotatable bonds is 6. The highest BCUT2D eigenvalue weighted by Gasteiger charge is 2.22. The molecule has 1 heterocycles. The number of nitrogens with two attached hydrogens (primary N) is 1. The van der Waals surface area contributed by atoms with E-state index in [1.54, 1.807) is 0 Å². The van der Waals surface area contributed by atoms with Gasteiger partial charge in [0.15, 0.2) is 0 Å². The van der Waals surface area contributed by atoms with Gasteiger partial charge < -0.3 is 15.7 Å².